The van der Waals surface area contributed by atoms with Gasteiger partial charge in [0.1, 0.15) is 5.82 Å². The van der Waals surface area contributed by atoms with Crippen LogP contribution in [-0.2, 0) is 26.5 Å². The van der Waals surface area contributed by atoms with Crippen molar-refractivity contribution in [3.05, 3.63) is 265 Å². The van der Waals surface area contributed by atoms with Gasteiger partial charge in [-0.1, -0.05) is 157 Å². The van der Waals surface area contributed by atoms with Gasteiger partial charge in [0.05, 0.1) is 6.04 Å². The van der Waals surface area contributed by atoms with Gasteiger partial charge in [-0.15, -0.1) is 22.6 Å². The Labute approximate surface area is 416 Å². The quantitative estimate of drug-likeness (QED) is 0.139. The third-order valence-corrected chi connectivity index (χ3v) is 14.1. The number of rotatable bonds is 8. The number of hydrogen-bond acceptors (Lipinski definition) is 1. The van der Waals surface area contributed by atoms with E-state index in [1.54, 1.807) is 0 Å². The van der Waals surface area contributed by atoms with E-state index in [4.69, 9.17) is 4.98 Å². The van der Waals surface area contributed by atoms with Crippen molar-refractivity contribution in [3.63, 3.8) is 0 Å². The smallest absolute Gasteiger partial charge is 0.188 e. The second-order valence-corrected chi connectivity index (χ2v) is 18.1. The fraction of sp³-hybridized carbons (Fsp3) is 0.0625. The second kappa shape index (κ2) is 17.0. The molecule has 13 rings (SSSR count). The second-order valence-electron chi connectivity index (χ2n) is 18.1. The van der Waals surface area contributed by atoms with Gasteiger partial charge in [-0.2, -0.15) is 30.3 Å². The zero-order chi connectivity index (χ0) is 45.3. The normalized spacial score (nSPS) is 12.6. The molecule has 0 atom stereocenters. The molecule has 332 valence electrons. The molecule has 1 aliphatic carbocycles. The van der Waals surface area contributed by atoms with Gasteiger partial charge in [0.25, 0.3) is 0 Å². The molecule has 0 saturated heterocycles. The van der Waals surface area contributed by atoms with E-state index in [1.807, 2.05) is 6.20 Å². The molecule has 3 heterocycles. The largest absolute Gasteiger partial charge is 0.319 e. The summed E-state index contributed by atoms with van der Waals surface area (Å²) in [6.07, 6.45) is 4.19. The van der Waals surface area contributed by atoms with Crippen molar-refractivity contribution in [2.45, 2.75) is 25.3 Å². The Morgan fingerprint density at radius 2 is 1.04 bits per heavy atom. The molecule has 0 fully saturated rings. The predicted molar refractivity (Wildman–Crippen MR) is 279 cm³/mol. The van der Waals surface area contributed by atoms with Crippen LogP contribution in [0, 0.1) is 12.1 Å². The van der Waals surface area contributed by atoms with Crippen molar-refractivity contribution in [2.75, 3.05) is 0 Å². The Morgan fingerprint density at radius 3 is 1.72 bits per heavy atom. The van der Waals surface area contributed by atoms with E-state index < -0.39 is 5.41 Å². The molecule has 12 aromatic rings. The maximum Gasteiger partial charge on any atom is 0.188 e. The summed E-state index contributed by atoms with van der Waals surface area (Å²) in [4.78, 5) is 5.20. The van der Waals surface area contributed by atoms with Crippen LogP contribution in [-0.4, -0.2) is 18.7 Å². The average Bonchev–Trinajstić information content (AvgIpc) is 4.06. The Bertz CT molecular complexity index is 3800. The van der Waals surface area contributed by atoms with Gasteiger partial charge < -0.3 is 4.57 Å². The van der Waals surface area contributed by atoms with E-state index in [2.05, 4.69) is 264 Å². The van der Waals surface area contributed by atoms with Crippen molar-refractivity contribution in [2.24, 2.45) is 0 Å². The van der Waals surface area contributed by atoms with Gasteiger partial charge in [0.15, 0.2) is 17.4 Å². The maximum absolute atomic E-state index is 5.20. The van der Waals surface area contributed by atoms with E-state index in [9.17, 15) is 0 Å². The van der Waals surface area contributed by atoms with Gasteiger partial charge >= 0.3 is 0 Å². The summed E-state index contributed by atoms with van der Waals surface area (Å²) in [6, 6.07) is 87.4. The van der Waals surface area contributed by atoms with Gasteiger partial charge in [0, 0.05) is 56.0 Å². The van der Waals surface area contributed by atoms with Crippen LogP contribution < -0.4 is 0 Å². The Hall–Kier alpha value is -7.91. The molecule has 0 aliphatic heterocycles. The van der Waals surface area contributed by atoms with Crippen LogP contribution >= 0.6 is 0 Å². The fourth-order valence-corrected chi connectivity index (χ4v) is 11.1. The topological polar surface area (TPSA) is 27.7 Å². The van der Waals surface area contributed by atoms with E-state index in [0.29, 0.717) is 0 Å². The first-order valence-corrected chi connectivity index (χ1v) is 23.5. The van der Waals surface area contributed by atoms with Crippen molar-refractivity contribution >= 4 is 32.8 Å². The average molecular weight is 1070 g/mol. The number of aromatic nitrogens is 4. The summed E-state index contributed by atoms with van der Waals surface area (Å²) in [7, 11) is 0. The standard InChI is InChI=1S/C64H45N4.Pt/c1-43(2)66-42-67(60-34-16-15-33-59(60)66)49-24-17-23-47(40-49)64(56-30-12-9-25-52(56)53-26-10-13-31-57(53)64)48-35-36-55-54-27-11-14-32-58(54)68(61(55)41-48)62-39-46(37-38-65-62)63-50(44-19-5-3-6-20-44)28-18-29-51(63)45-21-7-4-8-22-45;/h3-39,42-43H,1-2H3;/q-1;. The summed E-state index contributed by atoms with van der Waals surface area (Å²) in [5.74, 6) is 0.830. The number of hydrogen-bond donors (Lipinski definition) is 0. The fourth-order valence-electron chi connectivity index (χ4n) is 11.1. The molecule has 0 radical (unpaired) electrons. The van der Waals surface area contributed by atoms with Gasteiger partial charge in [-0.25, -0.2) is 14.1 Å². The third-order valence-electron chi connectivity index (χ3n) is 14.1. The molecule has 3 aromatic heterocycles. The predicted octanol–water partition coefficient (Wildman–Crippen LogP) is 15.7. The molecule has 0 saturated carbocycles. The van der Waals surface area contributed by atoms with Crippen LogP contribution in [0.4, 0.5) is 0 Å². The molecule has 5 heteroatoms. The summed E-state index contributed by atoms with van der Waals surface area (Å²) >= 11 is 0. The van der Waals surface area contributed by atoms with Gasteiger partial charge in [0.2, 0.25) is 0 Å². The van der Waals surface area contributed by atoms with Crippen molar-refractivity contribution in [1.82, 2.24) is 18.7 Å². The number of nitrogens with zero attached hydrogens (tertiary/aromatic N) is 4. The Balaban J connectivity index is 0.00000492. The number of pyridine rings is 1. The molecular formula is C64H45N4Pt-. The van der Waals surface area contributed by atoms with Crippen LogP contribution in [0.15, 0.2) is 231 Å². The number of benzene rings is 9. The minimum Gasteiger partial charge on any atom is -0.319 e. The SMILES string of the molecule is CC(C)n1[cH+]n(-c2[c-]c(C3(c4[c-]c5c(cc4)c4ccccc4n5-c4cc(-c5c(-c6ccccc6)cccc5-c5ccccc5)ccn4)c4ccccc4-c4ccccc43)ccc2)c2ccccc21.[Pt]. The molecule has 0 spiro atoms. The van der Waals surface area contributed by atoms with Crippen LogP contribution in [0.25, 0.3) is 88.9 Å². The van der Waals surface area contributed by atoms with E-state index in [0.717, 1.165) is 55.5 Å². The molecule has 0 bridgehead atoms. The van der Waals surface area contributed by atoms with Crippen molar-refractivity contribution in [3.8, 4) is 56.0 Å². The first kappa shape index (κ1) is 42.4. The van der Waals surface area contributed by atoms with Gasteiger partial charge in [-0.3, -0.25) is 0 Å². The molecule has 1 aliphatic rings. The van der Waals surface area contributed by atoms with Crippen LogP contribution in [0.3, 0.4) is 0 Å². The van der Waals surface area contributed by atoms with E-state index in [1.165, 1.54) is 55.6 Å². The van der Waals surface area contributed by atoms with E-state index >= 15 is 0 Å². The summed E-state index contributed by atoms with van der Waals surface area (Å²) in [6.45, 7) is 4.47. The van der Waals surface area contributed by atoms with E-state index in [-0.39, 0.29) is 27.1 Å². The van der Waals surface area contributed by atoms with Crippen LogP contribution in [0.1, 0.15) is 42.1 Å². The zero-order valence-corrected chi connectivity index (χ0v) is 40.4. The molecule has 0 unspecified atom stereocenters. The summed E-state index contributed by atoms with van der Waals surface area (Å²) in [5.41, 5.74) is 18.6. The monoisotopic (exact) mass is 1060 g/mol. The number of para-hydroxylation sites is 3. The van der Waals surface area contributed by atoms with Crippen LogP contribution in [0.5, 0.6) is 0 Å². The molecular weight excluding hydrogens is 1020 g/mol. The minimum atomic E-state index is -0.746. The molecule has 4 nitrogen and oxygen atoms in total. The summed E-state index contributed by atoms with van der Waals surface area (Å²) in [5, 5.41) is 2.27. The Kier molecular flexibility index (Phi) is 10.5. The zero-order valence-electron chi connectivity index (χ0n) is 38.1. The number of fused-ring (bicyclic) bond motifs is 7. The van der Waals surface area contributed by atoms with Crippen molar-refractivity contribution in [1.29, 1.82) is 0 Å². The molecule has 0 amide bonds. The first-order valence-electron chi connectivity index (χ1n) is 23.5. The third kappa shape index (κ3) is 6.61. The molecule has 69 heavy (non-hydrogen) atoms. The summed E-state index contributed by atoms with van der Waals surface area (Å²) < 4.78 is 6.96. The molecule has 9 aromatic carbocycles. The molecule has 0 N–H and O–H groups in total. The maximum atomic E-state index is 5.20. The number of imidazole rings is 1. The Morgan fingerprint density at radius 1 is 0.478 bits per heavy atom. The first-order chi connectivity index (χ1) is 33.6. The van der Waals surface area contributed by atoms with Crippen molar-refractivity contribution < 1.29 is 21.1 Å². The van der Waals surface area contributed by atoms with Gasteiger partial charge in [-0.05, 0) is 105 Å². The minimum absolute atomic E-state index is 0. The van der Waals surface area contributed by atoms with Crippen LogP contribution in [0.2, 0.25) is 0 Å².